The van der Waals surface area contributed by atoms with E-state index in [4.69, 9.17) is 19.3 Å². The van der Waals surface area contributed by atoms with E-state index in [-0.39, 0.29) is 29.6 Å². The van der Waals surface area contributed by atoms with Crippen molar-refractivity contribution in [2.45, 2.75) is 9.79 Å². The van der Waals surface area contributed by atoms with Gasteiger partial charge in [0.25, 0.3) is 20.2 Å². The SMILES string of the molecule is O=S(=O)(O)c1cc(O)c(S(=O)(=O)O)cc1O.[NaH]. The molecule has 0 aliphatic heterocycles. The van der Waals surface area contributed by atoms with Gasteiger partial charge in [0.05, 0.1) is 0 Å². The fraction of sp³-hybridized carbons (Fsp3) is 0. The Morgan fingerprint density at radius 3 is 1.18 bits per heavy atom. The van der Waals surface area contributed by atoms with Gasteiger partial charge < -0.3 is 10.2 Å². The van der Waals surface area contributed by atoms with Gasteiger partial charge in [-0.15, -0.1) is 0 Å². The first-order chi connectivity index (χ1) is 7.03. The zero-order valence-electron chi connectivity index (χ0n) is 7.39. The third-order valence-corrected chi connectivity index (χ3v) is 3.36. The second kappa shape index (κ2) is 5.10. The third kappa shape index (κ3) is 3.81. The number of hydrogen-bond donors (Lipinski definition) is 4. The summed E-state index contributed by atoms with van der Waals surface area (Å²) in [6.07, 6.45) is 0. The van der Waals surface area contributed by atoms with Gasteiger partial charge in [0, 0.05) is 12.1 Å². The van der Waals surface area contributed by atoms with Crippen molar-refractivity contribution >= 4 is 49.8 Å². The van der Waals surface area contributed by atoms with Gasteiger partial charge in [0.15, 0.2) is 0 Å². The van der Waals surface area contributed by atoms with E-state index in [1.54, 1.807) is 0 Å². The first-order valence-electron chi connectivity index (χ1n) is 3.54. The number of phenols is 2. The normalized spacial score (nSPS) is 11.9. The van der Waals surface area contributed by atoms with E-state index in [9.17, 15) is 16.8 Å². The summed E-state index contributed by atoms with van der Waals surface area (Å²) in [6.45, 7) is 0. The molecule has 0 saturated heterocycles. The Bertz CT molecular complexity index is 574. The van der Waals surface area contributed by atoms with Gasteiger partial charge in [-0.05, 0) is 0 Å². The summed E-state index contributed by atoms with van der Waals surface area (Å²) in [6, 6.07) is 0.599. The van der Waals surface area contributed by atoms with E-state index in [2.05, 4.69) is 0 Å². The summed E-state index contributed by atoms with van der Waals surface area (Å²) in [4.78, 5) is -2.14. The van der Waals surface area contributed by atoms with Gasteiger partial charge in [0.2, 0.25) is 0 Å². The van der Waals surface area contributed by atoms with Crippen molar-refractivity contribution < 1.29 is 36.2 Å². The molecule has 17 heavy (non-hydrogen) atoms. The van der Waals surface area contributed by atoms with Crippen molar-refractivity contribution in [3.8, 4) is 11.5 Å². The van der Waals surface area contributed by atoms with Gasteiger partial charge in [-0.2, -0.15) is 16.8 Å². The molecule has 0 saturated carbocycles. The Kier molecular flexibility index (Phi) is 4.99. The number of rotatable bonds is 2. The average Bonchev–Trinajstić information content (AvgIpc) is 2.04. The summed E-state index contributed by atoms with van der Waals surface area (Å²) in [5, 5.41) is 18.2. The number of hydrogen-bond acceptors (Lipinski definition) is 6. The van der Waals surface area contributed by atoms with E-state index < -0.39 is 41.5 Å². The molecule has 0 atom stereocenters. The summed E-state index contributed by atoms with van der Waals surface area (Å²) < 4.78 is 59.7. The Morgan fingerprint density at radius 1 is 0.765 bits per heavy atom. The maximum absolute atomic E-state index is 10.6. The van der Waals surface area contributed by atoms with E-state index in [1.165, 1.54) is 0 Å². The van der Waals surface area contributed by atoms with E-state index in [1.807, 2.05) is 0 Å². The van der Waals surface area contributed by atoms with Crippen LogP contribution in [0, 0.1) is 0 Å². The molecule has 1 aromatic rings. The van der Waals surface area contributed by atoms with Crippen LogP contribution in [0.15, 0.2) is 21.9 Å². The van der Waals surface area contributed by atoms with Crippen LogP contribution >= 0.6 is 0 Å². The zero-order chi connectivity index (χ0) is 12.7. The molecular weight excluding hydrogens is 287 g/mol. The standard InChI is InChI=1S/C6H6O8S2.Na.H/c7-3-1-5(15(9,10)11)4(8)2-6(3)16(12,13)14;;/h1-2,7-8H,(H,9,10,11)(H,12,13,14);;. The van der Waals surface area contributed by atoms with E-state index in [0.717, 1.165) is 0 Å². The molecule has 0 aromatic heterocycles. The molecule has 0 fully saturated rings. The molecule has 0 aliphatic carbocycles. The van der Waals surface area contributed by atoms with Crippen LogP contribution in [-0.4, -0.2) is 65.7 Å². The minimum absolute atomic E-state index is 0. The predicted molar refractivity (Wildman–Crippen MR) is 56.5 cm³/mol. The van der Waals surface area contributed by atoms with Crippen molar-refractivity contribution in [2.75, 3.05) is 0 Å². The number of phenolic OH excluding ortho intramolecular Hbond substituents is 2. The second-order valence-corrected chi connectivity index (χ2v) is 5.52. The van der Waals surface area contributed by atoms with Crippen molar-refractivity contribution in [3.05, 3.63) is 12.1 Å². The first kappa shape index (κ1) is 16.6. The van der Waals surface area contributed by atoms with Crippen LogP contribution in [0.25, 0.3) is 0 Å². The molecule has 0 radical (unpaired) electrons. The molecule has 0 heterocycles. The molecule has 11 heteroatoms. The molecule has 0 bridgehead atoms. The summed E-state index contributed by atoms with van der Waals surface area (Å²) in [5.41, 5.74) is 0. The van der Waals surface area contributed by atoms with Crippen LogP contribution < -0.4 is 0 Å². The van der Waals surface area contributed by atoms with Crippen LogP contribution in [-0.2, 0) is 20.2 Å². The Labute approximate surface area is 119 Å². The second-order valence-electron chi connectivity index (χ2n) is 2.74. The maximum atomic E-state index is 10.6. The van der Waals surface area contributed by atoms with Gasteiger partial charge >= 0.3 is 29.6 Å². The Morgan fingerprint density at radius 2 is 1.00 bits per heavy atom. The Hall–Kier alpha value is -0.360. The minimum atomic E-state index is -4.80. The topological polar surface area (TPSA) is 149 Å². The molecule has 0 amide bonds. The van der Waals surface area contributed by atoms with Gasteiger partial charge in [-0.1, -0.05) is 0 Å². The van der Waals surface area contributed by atoms with Crippen molar-refractivity contribution in [3.63, 3.8) is 0 Å². The number of aromatic hydroxyl groups is 2. The molecule has 0 spiro atoms. The molecule has 1 rings (SSSR count). The molecule has 0 unspecified atom stereocenters. The average molecular weight is 294 g/mol. The van der Waals surface area contributed by atoms with Crippen LogP contribution in [0.1, 0.15) is 0 Å². The molecule has 0 aliphatic rings. The van der Waals surface area contributed by atoms with Crippen molar-refractivity contribution in [1.29, 1.82) is 0 Å². The van der Waals surface area contributed by atoms with Crippen molar-refractivity contribution in [2.24, 2.45) is 0 Å². The van der Waals surface area contributed by atoms with Crippen LogP contribution in [0.4, 0.5) is 0 Å². The molecular formula is C6H7NaO8S2. The molecule has 4 N–H and O–H groups in total. The molecule has 1 aromatic carbocycles. The van der Waals surface area contributed by atoms with Gasteiger partial charge in [-0.3, -0.25) is 9.11 Å². The first-order valence-corrected chi connectivity index (χ1v) is 6.42. The molecule has 92 valence electrons. The van der Waals surface area contributed by atoms with E-state index >= 15 is 0 Å². The fourth-order valence-electron chi connectivity index (χ4n) is 0.952. The van der Waals surface area contributed by atoms with Gasteiger partial charge in [-0.25, -0.2) is 0 Å². The zero-order valence-corrected chi connectivity index (χ0v) is 9.03. The monoisotopic (exact) mass is 294 g/mol. The van der Waals surface area contributed by atoms with Crippen LogP contribution in [0.3, 0.4) is 0 Å². The van der Waals surface area contributed by atoms with Crippen LogP contribution in [0.2, 0.25) is 0 Å². The summed E-state index contributed by atoms with van der Waals surface area (Å²) in [5.74, 6) is -2.24. The quantitative estimate of drug-likeness (QED) is 0.306. The van der Waals surface area contributed by atoms with E-state index in [0.29, 0.717) is 12.1 Å². The van der Waals surface area contributed by atoms with Gasteiger partial charge in [0.1, 0.15) is 21.3 Å². The summed E-state index contributed by atoms with van der Waals surface area (Å²) in [7, 11) is -9.61. The Balaban J connectivity index is 0.00000256. The number of benzene rings is 1. The van der Waals surface area contributed by atoms with Crippen molar-refractivity contribution in [1.82, 2.24) is 0 Å². The third-order valence-electron chi connectivity index (χ3n) is 1.60. The van der Waals surface area contributed by atoms with Crippen LogP contribution in [0.5, 0.6) is 11.5 Å². The fourth-order valence-corrected chi connectivity index (χ4v) is 2.12. The molecule has 8 nitrogen and oxygen atoms in total. The summed E-state index contributed by atoms with van der Waals surface area (Å²) >= 11 is 0. The predicted octanol–water partition coefficient (Wildman–Crippen LogP) is -1.06.